The first-order valence-electron chi connectivity index (χ1n) is 8.13. The highest BCUT2D eigenvalue weighted by atomic mass is 16.5. The van der Waals surface area contributed by atoms with Gasteiger partial charge in [0.1, 0.15) is 0 Å². The number of aromatic nitrogens is 1. The normalized spacial score (nSPS) is 10.1. The topological polar surface area (TPSA) is 88.6 Å². The van der Waals surface area contributed by atoms with Crippen molar-refractivity contribution in [2.45, 2.75) is 19.9 Å². The highest BCUT2D eigenvalue weighted by Gasteiger charge is 2.14. The van der Waals surface area contributed by atoms with Crippen molar-refractivity contribution < 1.29 is 19.1 Å². The van der Waals surface area contributed by atoms with Crippen molar-refractivity contribution in [2.75, 3.05) is 18.6 Å². The SMILES string of the molecule is COC(=O)c1ccc(N(CCC(=O)NCc2cccnc2)C(C)=O)cc1. The summed E-state index contributed by atoms with van der Waals surface area (Å²) in [6.07, 6.45) is 3.52. The van der Waals surface area contributed by atoms with Gasteiger partial charge in [-0.05, 0) is 35.9 Å². The number of anilines is 1. The Balaban J connectivity index is 1.92. The minimum atomic E-state index is -0.444. The molecule has 0 atom stereocenters. The molecule has 1 N–H and O–H groups in total. The first kappa shape index (κ1) is 19.1. The molecule has 0 radical (unpaired) electrons. The molecule has 0 aliphatic carbocycles. The van der Waals surface area contributed by atoms with Crippen LogP contribution in [0.5, 0.6) is 0 Å². The molecule has 0 spiro atoms. The molecule has 2 rings (SSSR count). The second kappa shape index (κ2) is 9.31. The van der Waals surface area contributed by atoms with E-state index in [2.05, 4.69) is 15.0 Å². The van der Waals surface area contributed by atoms with Crippen LogP contribution in [-0.2, 0) is 20.9 Å². The van der Waals surface area contributed by atoms with Crippen molar-refractivity contribution >= 4 is 23.5 Å². The van der Waals surface area contributed by atoms with Crippen LogP contribution in [0.3, 0.4) is 0 Å². The van der Waals surface area contributed by atoms with Crippen LogP contribution < -0.4 is 10.2 Å². The summed E-state index contributed by atoms with van der Waals surface area (Å²) in [5, 5.41) is 2.80. The molecule has 7 heteroatoms. The number of nitrogens with zero attached hydrogens (tertiary/aromatic N) is 2. The third-order valence-electron chi connectivity index (χ3n) is 3.76. The van der Waals surface area contributed by atoms with E-state index in [0.717, 1.165) is 5.56 Å². The lowest BCUT2D eigenvalue weighted by Gasteiger charge is -2.21. The fraction of sp³-hybridized carbons (Fsp3) is 0.263. The second-order valence-corrected chi connectivity index (χ2v) is 5.60. The summed E-state index contributed by atoms with van der Waals surface area (Å²) in [6.45, 7) is 2.06. The fourth-order valence-corrected chi connectivity index (χ4v) is 2.37. The van der Waals surface area contributed by atoms with Crippen LogP contribution in [-0.4, -0.2) is 36.4 Å². The Morgan fingerprint density at radius 2 is 1.88 bits per heavy atom. The average Bonchev–Trinajstić information content (AvgIpc) is 2.67. The van der Waals surface area contributed by atoms with Gasteiger partial charge in [-0.15, -0.1) is 0 Å². The average molecular weight is 355 g/mol. The van der Waals surface area contributed by atoms with Crippen LogP contribution in [0.4, 0.5) is 5.69 Å². The van der Waals surface area contributed by atoms with E-state index in [0.29, 0.717) is 17.8 Å². The van der Waals surface area contributed by atoms with Crippen molar-refractivity contribution in [3.05, 3.63) is 59.9 Å². The monoisotopic (exact) mass is 355 g/mol. The van der Waals surface area contributed by atoms with Gasteiger partial charge in [0, 0.05) is 44.5 Å². The Morgan fingerprint density at radius 3 is 2.46 bits per heavy atom. The number of methoxy groups -OCH3 is 1. The molecular weight excluding hydrogens is 334 g/mol. The molecule has 0 bridgehead atoms. The zero-order valence-corrected chi connectivity index (χ0v) is 14.8. The first-order valence-corrected chi connectivity index (χ1v) is 8.13. The predicted molar refractivity (Wildman–Crippen MR) is 96.5 cm³/mol. The number of hydrogen-bond acceptors (Lipinski definition) is 5. The van der Waals surface area contributed by atoms with Gasteiger partial charge in [0.25, 0.3) is 0 Å². The Morgan fingerprint density at radius 1 is 1.15 bits per heavy atom. The third-order valence-corrected chi connectivity index (χ3v) is 3.76. The van der Waals surface area contributed by atoms with Crippen molar-refractivity contribution in [1.29, 1.82) is 0 Å². The Kier molecular flexibility index (Phi) is 6.84. The van der Waals surface area contributed by atoms with Crippen LogP contribution in [0.15, 0.2) is 48.8 Å². The number of carbonyl (C=O) groups is 3. The Labute approximate surface area is 152 Å². The summed E-state index contributed by atoms with van der Waals surface area (Å²) >= 11 is 0. The lowest BCUT2D eigenvalue weighted by atomic mass is 10.2. The summed E-state index contributed by atoms with van der Waals surface area (Å²) in [5.41, 5.74) is 1.92. The van der Waals surface area contributed by atoms with Gasteiger partial charge >= 0.3 is 5.97 Å². The van der Waals surface area contributed by atoms with Crippen LogP contribution in [0, 0.1) is 0 Å². The number of amides is 2. The van der Waals surface area contributed by atoms with E-state index in [4.69, 9.17) is 0 Å². The summed E-state index contributed by atoms with van der Waals surface area (Å²) < 4.78 is 4.65. The van der Waals surface area contributed by atoms with Gasteiger partial charge in [-0.1, -0.05) is 6.07 Å². The van der Waals surface area contributed by atoms with Crippen molar-refractivity contribution in [1.82, 2.24) is 10.3 Å². The van der Waals surface area contributed by atoms with Gasteiger partial charge in [0.15, 0.2) is 0 Å². The number of benzene rings is 1. The van der Waals surface area contributed by atoms with Crippen molar-refractivity contribution in [3.63, 3.8) is 0 Å². The molecule has 1 aromatic carbocycles. The van der Waals surface area contributed by atoms with E-state index in [-0.39, 0.29) is 24.8 Å². The van der Waals surface area contributed by atoms with Crippen LogP contribution in [0.25, 0.3) is 0 Å². The summed E-state index contributed by atoms with van der Waals surface area (Å²) in [4.78, 5) is 40.9. The largest absolute Gasteiger partial charge is 0.465 e. The standard InChI is InChI=1S/C19H21N3O4/c1-14(23)22(17-7-5-16(6-8-17)19(25)26-2)11-9-18(24)21-13-15-4-3-10-20-12-15/h3-8,10,12H,9,11,13H2,1-2H3,(H,21,24). The maximum Gasteiger partial charge on any atom is 0.337 e. The highest BCUT2D eigenvalue weighted by molar-refractivity contribution is 5.94. The lowest BCUT2D eigenvalue weighted by molar-refractivity contribution is -0.121. The van der Waals surface area contributed by atoms with Crippen LogP contribution in [0.2, 0.25) is 0 Å². The highest BCUT2D eigenvalue weighted by Crippen LogP contribution is 2.16. The molecule has 0 unspecified atom stereocenters. The zero-order valence-electron chi connectivity index (χ0n) is 14.8. The molecule has 2 aromatic rings. The Bertz CT molecular complexity index is 760. The molecule has 0 aliphatic rings. The molecule has 0 saturated carbocycles. The molecule has 136 valence electrons. The van der Waals surface area contributed by atoms with Gasteiger partial charge in [-0.2, -0.15) is 0 Å². The number of rotatable bonds is 7. The summed E-state index contributed by atoms with van der Waals surface area (Å²) in [5.74, 6) is -0.789. The number of ether oxygens (including phenoxy) is 1. The minimum Gasteiger partial charge on any atom is -0.465 e. The Hall–Kier alpha value is -3.22. The van der Waals surface area contributed by atoms with Gasteiger partial charge in [-0.3, -0.25) is 14.6 Å². The molecule has 7 nitrogen and oxygen atoms in total. The van der Waals surface area contributed by atoms with Crippen molar-refractivity contribution in [3.8, 4) is 0 Å². The molecular formula is C19H21N3O4. The maximum atomic E-state index is 12.0. The van der Waals surface area contributed by atoms with E-state index in [9.17, 15) is 14.4 Å². The van der Waals surface area contributed by atoms with Gasteiger partial charge in [0.05, 0.1) is 12.7 Å². The molecule has 0 fully saturated rings. The third kappa shape index (κ3) is 5.41. The van der Waals surface area contributed by atoms with E-state index < -0.39 is 5.97 Å². The molecule has 2 amide bonds. The predicted octanol–water partition coefficient (Wildman–Crippen LogP) is 1.93. The molecule has 0 saturated heterocycles. The summed E-state index contributed by atoms with van der Waals surface area (Å²) in [7, 11) is 1.31. The van der Waals surface area contributed by atoms with E-state index in [1.807, 2.05) is 6.07 Å². The second-order valence-electron chi connectivity index (χ2n) is 5.60. The van der Waals surface area contributed by atoms with Gasteiger partial charge < -0.3 is 15.0 Å². The fourth-order valence-electron chi connectivity index (χ4n) is 2.37. The molecule has 1 heterocycles. The number of pyridine rings is 1. The molecule has 26 heavy (non-hydrogen) atoms. The molecule has 0 aliphatic heterocycles. The number of esters is 1. The number of carbonyl (C=O) groups excluding carboxylic acids is 3. The molecule has 1 aromatic heterocycles. The zero-order chi connectivity index (χ0) is 18.9. The van der Waals surface area contributed by atoms with E-state index in [1.54, 1.807) is 42.7 Å². The lowest BCUT2D eigenvalue weighted by Crippen LogP contribution is -2.33. The van der Waals surface area contributed by atoms with Crippen molar-refractivity contribution in [2.24, 2.45) is 0 Å². The quantitative estimate of drug-likeness (QED) is 0.767. The van der Waals surface area contributed by atoms with Gasteiger partial charge in [-0.25, -0.2) is 4.79 Å². The van der Waals surface area contributed by atoms with E-state index in [1.165, 1.54) is 18.9 Å². The van der Waals surface area contributed by atoms with Crippen LogP contribution >= 0.6 is 0 Å². The number of hydrogen-bond donors (Lipinski definition) is 1. The number of nitrogens with one attached hydrogen (secondary N) is 1. The van der Waals surface area contributed by atoms with E-state index >= 15 is 0 Å². The maximum absolute atomic E-state index is 12.0. The van der Waals surface area contributed by atoms with Crippen LogP contribution in [0.1, 0.15) is 29.3 Å². The smallest absolute Gasteiger partial charge is 0.337 e. The first-order chi connectivity index (χ1) is 12.5. The minimum absolute atomic E-state index is 0.161. The van der Waals surface area contributed by atoms with Gasteiger partial charge in [0.2, 0.25) is 11.8 Å². The summed E-state index contributed by atoms with van der Waals surface area (Å²) in [6, 6.07) is 10.1.